The fraction of sp³-hybridized carbons (Fsp3) is 0.0909. The normalized spacial score (nSPS) is 10.4. The molecule has 0 atom stereocenters. The van der Waals surface area contributed by atoms with Crippen LogP contribution in [0.5, 0.6) is 11.6 Å². The van der Waals surface area contributed by atoms with Gasteiger partial charge >= 0.3 is 11.6 Å². The second kappa shape index (κ2) is 5.33. The predicted octanol–water partition coefficient (Wildman–Crippen LogP) is 3.42. The molecule has 0 bridgehead atoms. The van der Waals surface area contributed by atoms with E-state index in [9.17, 15) is 18.9 Å². The molecule has 6 nitrogen and oxygen atoms in total. The molecule has 0 fully saturated rings. The summed E-state index contributed by atoms with van der Waals surface area (Å²) in [4.78, 5) is 17.4. The second-order valence-corrected chi connectivity index (χ2v) is 4.00. The lowest BCUT2D eigenvalue weighted by atomic mass is 10.3. The van der Waals surface area contributed by atoms with Crippen molar-refractivity contribution in [3.8, 4) is 11.6 Å². The van der Waals surface area contributed by atoms with E-state index in [0.29, 0.717) is 0 Å². The molecule has 0 amide bonds. The minimum absolute atomic E-state index is 0.00687. The Balaban J connectivity index is 2.47. The van der Waals surface area contributed by atoms with E-state index in [0.717, 1.165) is 18.2 Å². The summed E-state index contributed by atoms with van der Waals surface area (Å²) < 4.78 is 30.9. The number of rotatable bonds is 3. The van der Waals surface area contributed by atoms with Crippen LogP contribution in [0.1, 0.15) is 5.69 Å². The smallest absolute Gasteiger partial charge is 0.352 e. The molecular formula is C11H6ClF2N3O3. The monoisotopic (exact) mass is 301 g/mol. The molecule has 104 valence electrons. The second-order valence-electron chi connectivity index (χ2n) is 3.67. The van der Waals surface area contributed by atoms with Crippen molar-refractivity contribution in [1.82, 2.24) is 9.97 Å². The Morgan fingerprint density at radius 1 is 1.30 bits per heavy atom. The predicted molar refractivity (Wildman–Crippen MR) is 64.9 cm³/mol. The van der Waals surface area contributed by atoms with E-state index in [2.05, 4.69) is 9.97 Å². The number of aryl methyl sites for hydroxylation is 1. The Bertz CT molecular complexity index is 697. The SMILES string of the molecule is Cc1nc(Cl)nc(Oc2ccc(F)c(F)c2)c1[N+](=O)[O-]. The average Bonchev–Trinajstić information content (AvgIpc) is 2.32. The van der Waals surface area contributed by atoms with Crippen LogP contribution in [0, 0.1) is 28.7 Å². The van der Waals surface area contributed by atoms with Gasteiger partial charge in [-0.05, 0) is 30.7 Å². The first-order valence-electron chi connectivity index (χ1n) is 5.20. The van der Waals surface area contributed by atoms with Crippen molar-refractivity contribution in [2.24, 2.45) is 0 Å². The average molecular weight is 302 g/mol. The molecule has 0 aliphatic heterocycles. The molecule has 0 spiro atoms. The van der Waals surface area contributed by atoms with Gasteiger partial charge in [0.2, 0.25) is 5.28 Å². The summed E-state index contributed by atoms with van der Waals surface area (Å²) in [7, 11) is 0. The molecule has 1 heterocycles. The Morgan fingerprint density at radius 2 is 2.00 bits per heavy atom. The van der Waals surface area contributed by atoms with Crippen LogP contribution in [0.4, 0.5) is 14.5 Å². The molecule has 0 radical (unpaired) electrons. The van der Waals surface area contributed by atoms with Gasteiger partial charge in [0.1, 0.15) is 11.4 Å². The highest BCUT2D eigenvalue weighted by molar-refractivity contribution is 6.28. The molecule has 1 aromatic carbocycles. The Hall–Kier alpha value is -2.35. The lowest BCUT2D eigenvalue weighted by molar-refractivity contribution is -0.386. The molecule has 9 heteroatoms. The molecule has 0 N–H and O–H groups in total. The summed E-state index contributed by atoms with van der Waals surface area (Å²) in [6.07, 6.45) is 0. The number of halogens is 3. The number of hydrogen-bond acceptors (Lipinski definition) is 5. The minimum atomic E-state index is -1.15. The third-order valence-corrected chi connectivity index (χ3v) is 2.46. The van der Waals surface area contributed by atoms with E-state index in [1.807, 2.05) is 0 Å². The van der Waals surface area contributed by atoms with E-state index in [1.54, 1.807) is 0 Å². The van der Waals surface area contributed by atoms with Crippen molar-refractivity contribution in [3.05, 3.63) is 50.9 Å². The van der Waals surface area contributed by atoms with E-state index < -0.39 is 28.1 Å². The Labute approximate surface area is 116 Å². The minimum Gasteiger partial charge on any atom is -0.433 e. The van der Waals surface area contributed by atoms with E-state index in [1.165, 1.54) is 6.92 Å². The molecule has 2 aromatic rings. The summed E-state index contributed by atoms with van der Waals surface area (Å²) in [5, 5.41) is 10.7. The fourth-order valence-electron chi connectivity index (χ4n) is 1.44. The molecule has 0 aliphatic rings. The lowest BCUT2D eigenvalue weighted by Gasteiger charge is -2.07. The zero-order valence-electron chi connectivity index (χ0n) is 9.93. The Morgan fingerprint density at radius 3 is 2.60 bits per heavy atom. The van der Waals surface area contributed by atoms with E-state index >= 15 is 0 Å². The molecule has 20 heavy (non-hydrogen) atoms. The first-order chi connectivity index (χ1) is 9.38. The van der Waals surface area contributed by atoms with Crippen molar-refractivity contribution in [1.29, 1.82) is 0 Å². The largest absolute Gasteiger partial charge is 0.433 e. The zero-order chi connectivity index (χ0) is 14.9. The summed E-state index contributed by atoms with van der Waals surface area (Å²) in [6.45, 7) is 1.35. The number of aromatic nitrogens is 2. The number of nitro groups is 1. The van der Waals surface area contributed by atoms with Crippen molar-refractivity contribution in [3.63, 3.8) is 0 Å². The molecular weight excluding hydrogens is 296 g/mol. The van der Waals surface area contributed by atoms with Gasteiger partial charge in [0, 0.05) is 6.07 Å². The summed E-state index contributed by atoms with van der Waals surface area (Å²) in [6, 6.07) is 2.67. The first-order valence-corrected chi connectivity index (χ1v) is 5.57. The molecule has 0 unspecified atom stereocenters. The quantitative estimate of drug-likeness (QED) is 0.493. The topological polar surface area (TPSA) is 78.2 Å². The van der Waals surface area contributed by atoms with Crippen LogP contribution in [0.2, 0.25) is 5.28 Å². The van der Waals surface area contributed by atoms with Crippen molar-refractivity contribution in [2.45, 2.75) is 6.92 Å². The van der Waals surface area contributed by atoms with E-state index in [4.69, 9.17) is 16.3 Å². The van der Waals surface area contributed by atoms with Gasteiger partial charge in [-0.3, -0.25) is 10.1 Å². The van der Waals surface area contributed by atoms with Crippen LogP contribution in [-0.4, -0.2) is 14.9 Å². The zero-order valence-corrected chi connectivity index (χ0v) is 10.7. The van der Waals surface area contributed by atoms with Crippen LogP contribution in [0.15, 0.2) is 18.2 Å². The molecule has 2 rings (SSSR count). The number of hydrogen-bond donors (Lipinski definition) is 0. The maximum atomic E-state index is 13.1. The third kappa shape index (κ3) is 2.80. The standard InChI is InChI=1S/C11H6ClF2N3O3/c1-5-9(17(18)19)10(16-11(12)15-5)20-6-2-3-7(13)8(14)4-6/h2-4H,1H3. The third-order valence-electron chi connectivity index (χ3n) is 2.29. The van der Waals surface area contributed by atoms with Gasteiger partial charge in [0.05, 0.1) is 4.92 Å². The summed E-state index contributed by atoms with van der Waals surface area (Å²) in [5.74, 6) is -2.81. The molecule has 1 aromatic heterocycles. The number of benzene rings is 1. The fourth-order valence-corrected chi connectivity index (χ4v) is 1.64. The van der Waals surface area contributed by atoms with Crippen molar-refractivity contribution >= 4 is 17.3 Å². The van der Waals surface area contributed by atoms with Crippen molar-refractivity contribution < 1.29 is 18.4 Å². The lowest BCUT2D eigenvalue weighted by Crippen LogP contribution is -2.01. The Kier molecular flexibility index (Phi) is 3.75. The van der Waals surface area contributed by atoms with Crippen LogP contribution in [0.3, 0.4) is 0 Å². The highest BCUT2D eigenvalue weighted by Crippen LogP contribution is 2.32. The van der Waals surface area contributed by atoms with Crippen molar-refractivity contribution in [2.75, 3.05) is 0 Å². The maximum absolute atomic E-state index is 13.1. The molecule has 0 saturated heterocycles. The van der Waals surface area contributed by atoms with Gasteiger partial charge < -0.3 is 4.74 Å². The van der Waals surface area contributed by atoms with Gasteiger partial charge in [-0.2, -0.15) is 4.98 Å². The number of ether oxygens (including phenoxy) is 1. The van der Waals surface area contributed by atoms with Crippen LogP contribution in [-0.2, 0) is 0 Å². The van der Waals surface area contributed by atoms with Gasteiger partial charge in [-0.1, -0.05) is 0 Å². The summed E-state index contributed by atoms with van der Waals surface area (Å²) >= 11 is 5.59. The number of nitrogens with zero attached hydrogens (tertiary/aromatic N) is 3. The highest BCUT2D eigenvalue weighted by Gasteiger charge is 2.24. The van der Waals surface area contributed by atoms with Crippen LogP contribution in [0.25, 0.3) is 0 Å². The first kappa shape index (κ1) is 14.1. The van der Waals surface area contributed by atoms with Crippen LogP contribution < -0.4 is 4.74 Å². The van der Waals surface area contributed by atoms with Gasteiger partial charge in [-0.15, -0.1) is 0 Å². The molecule has 0 saturated carbocycles. The molecule has 0 aliphatic carbocycles. The van der Waals surface area contributed by atoms with Gasteiger partial charge in [0.25, 0.3) is 0 Å². The van der Waals surface area contributed by atoms with Gasteiger partial charge in [0.15, 0.2) is 11.6 Å². The van der Waals surface area contributed by atoms with Crippen LogP contribution >= 0.6 is 11.6 Å². The van der Waals surface area contributed by atoms with Gasteiger partial charge in [-0.25, -0.2) is 13.8 Å². The van der Waals surface area contributed by atoms with E-state index in [-0.39, 0.29) is 16.7 Å². The highest BCUT2D eigenvalue weighted by atomic mass is 35.5. The summed E-state index contributed by atoms with van der Waals surface area (Å²) in [5.41, 5.74) is -0.508. The maximum Gasteiger partial charge on any atom is 0.352 e.